The number of nitrogens with zero attached hydrogens (tertiary/aromatic N) is 3. The molecule has 1 unspecified atom stereocenters. The van der Waals surface area contributed by atoms with Gasteiger partial charge in [0.2, 0.25) is 15.0 Å². The molecular formula is C19H20FN3O3S. The zero-order chi connectivity index (χ0) is 19.9. The fourth-order valence-electron chi connectivity index (χ4n) is 2.99. The third-order valence-corrected chi connectivity index (χ3v) is 5.42. The predicted octanol–water partition coefficient (Wildman–Crippen LogP) is 3.28. The highest BCUT2D eigenvalue weighted by Gasteiger charge is 2.21. The van der Waals surface area contributed by atoms with Crippen molar-refractivity contribution >= 4 is 20.9 Å². The van der Waals surface area contributed by atoms with E-state index in [1.165, 1.54) is 22.8 Å². The van der Waals surface area contributed by atoms with Gasteiger partial charge in [-0.05, 0) is 50.1 Å². The van der Waals surface area contributed by atoms with Gasteiger partial charge in [-0.1, -0.05) is 6.92 Å². The van der Waals surface area contributed by atoms with E-state index in [0.29, 0.717) is 28.6 Å². The normalized spacial score (nSPS) is 13.1. The van der Waals surface area contributed by atoms with E-state index >= 15 is 0 Å². The third-order valence-electron chi connectivity index (χ3n) is 4.57. The van der Waals surface area contributed by atoms with Crippen LogP contribution in [0.2, 0.25) is 0 Å². The average Bonchev–Trinajstić information content (AvgIpc) is 2.59. The van der Waals surface area contributed by atoms with Crippen LogP contribution in [0.3, 0.4) is 0 Å². The number of fused-ring (bicyclic) bond motifs is 1. The number of hydrogen-bond donors (Lipinski definition) is 0. The second kappa shape index (κ2) is 6.84. The first kappa shape index (κ1) is 19.2. The third kappa shape index (κ3) is 3.49. The van der Waals surface area contributed by atoms with Gasteiger partial charge in [-0.3, -0.25) is 9.36 Å². The molecule has 8 heteroatoms. The smallest absolute Gasteiger partial charge is 0.252 e. The molecule has 0 fully saturated rings. The number of aryl methyl sites for hydroxylation is 1. The Bertz CT molecular complexity index is 1200. The molecule has 1 aromatic carbocycles. The van der Waals surface area contributed by atoms with Crippen LogP contribution < -0.4 is 5.56 Å². The predicted molar refractivity (Wildman–Crippen MR) is 102 cm³/mol. The monoisotopic (exact) mass is 389 g/mol. The van der Waals surface area contributed by atoms with Crippen molar-refractivity contribution in [3.8, 4) is 11.3 Å². The van der Waals surface area contributed by atoms with E-state index in [0.717, 1.165) is 6.26 Å². The summed E-state index contributed by atoms with van der Waals surface area (Å²) in [5.74, 6) is -0.394. The number of pyridine rings is 1. The van der Waals surface area contributed by atoms with E-state index in [9.17, 15) is 17.6 Å². The highest BCUT2D eigenvalue weighted by atomic mass is 32.2. The van der Waals surface area contributed by atoms with E-state index in [1.807, 2.05) is 13.8 Å². The van der Waals surface area contributed by atoms with Crippen molar-refractivity contribution in [1.82, 2.24) is 14.5 Å². The average molecular weight is 389 g/mol. The first-order valence-electron chi connectivity index (χ1n) is 8.53. The van der Waals surface area contributed by atoms with Crippen LogP contribution in [0.25, 0.3) is 22.3 Å². The van der Waals surface area contributed by atoms with Gasteiger partial charge in [-0.2, -0.15) is 4.98 Å². The van der Waals surface area contributed by atoms with Crippen molar-refractivity contribution in [2.75, 3.05) is 6.26 Å². The van der Waals surface area contributed by atoms with Crippen LogP contribution in [0.1, 0.15) is 31.9 Å². The summed E-state index contributed by atoms with van der Waals surface area (Å²) in [6, 6.07) is 7.03. The summed E-state index contributed by atoms with van der Waals surface area (Å²) in [7, 11) is -3.72. The second-order valence-corrected chi connectivity index (χ2v) is 8.53. The van der Waals surface area contributed by atoms with Crippen molar-refractivity contribution in [2.24, 2.45) is 0 Å². The minimum atomic E-state index is -3.72. The molecule has 0 radical (unpaired) electrons. The van der Waals surface area contributed by atoms with E-state index in [-0.39, 0.29) is 22.4 Å². The van der Waals surface area contributed by atoms with Crippen molar-refractivity contribution in [2.45, 2.75) is 38.4 Å². The lowest BCUT2D eigenvalue weighted by Gasteiger charge is -2.17. The van der Waals surface area contributed by atoms with E-state index in [2.05, 4.69) is 9.97 Å². The zero-order valence-electron chi connectivity index (χ0n) is 15.5. The lowest BCUT2D eigenvalue weighted by Crippen LogP contribution is -2.24. The Hall–Kier alpha value is -2.61. The van der Waals surface area contributed by atoms with Crippen LogP contribution in [0, 0.1) is 12.7 Å². The Morgan fingerprint density at radius 3 is 2.48 bits per heavy atom. The summed E-state index contributed by atoms with van der Waals surface area (Å²) in [5.41, 5.74) is 1.54. The first-order valence-corrected chi connectivity index (χ1v) is 10.4. The number of rotatable bonds is 4. The lowest BCUT2D eigenvalue weighted by atomic mass is 10.0. The Balaban J connectivity index is 2.51. The summed E-state index contributed by atoms with van der Waals surface area (Å²) < 4.78 is 39.3. The Morgan fingerprint density at radius 1 is 1.19 bits per heavy atom. The van der Waals surface area contributed by atoms with Crippen LogP contribution in [0.5, 0.6) is 0 Å². The highest BCUT2D eigenvalue weighted by Crippen LogP contribution is 2.30. The van der Waals surface area contributed by atoms with Gasteiger partial charge in [0.1, 0.15) is 11.5 Å². The fraction of sp³-hybridized carbons (Fsp3) is 0.316. The molecule has 0 bridgehead atoms. The molecule has 142 valence electrons. The van der Waals surface area contributed by atoms with Crippen LogP contribution in [0.4, 0.5) is 4.39 Å². The molecule has 0 saturated carbocycles. The van der Waals surface area contributed by atoms with Crippen molar-refractivity contribution in [1.29, 1.82) is 0 Å². The topological polar surface area (TPSA) is 81.9 Å². The fourth-order valence-corrected chi connectivity index (χ4v) is 3.50. The van der Waals surface area contributed by atoms with E-state index in [4.69, 9.17) is 0 Å². The number of sulfone groups is 1. The Kier molecular flexibility index (Phi) is 4.86. The molecule has 0 aliphatic carbocycles. The molecular weight excluding hydrogens is 369 g/mol. The maximum Gasteiger partial charge on any atom is 0.252 e. The van der Waals surface area contributed by atoms with Crippen molar-refractivity contribution < 1.29 is 12.8 Å². The summed E-state index contributed by atoms with van der Waals surface area (Å²) in [6.07, 6.45) is 1.69. The van der Waals surface area contributed by atoms with Gasteiger partial charge in [-0.25, -0.2) is 17.8 Å². The van der Waals surface area contributed by atoms with E-state index < -0.39 is 15.7 Å². The second-order valence-electron chi connectivity index (χ2n) is 6.62. The minimum absolute atomic E-state index is 0.175. The Labute approximate surface area is 156 Å². The van der Waals surface area contributed by atoms with Gasteiger partial charge in [0.25, 0.3) is 5.56 Å². The molecule has 2 heterocycles. The molecule has 2 aromatic heterocycles. The van der Waals surface area contributed by atoms with Crippen molar-refractivity contribution in [3.63, 3.8) is 0 Å². The maximum atomic E-state index is 13.5. The Morgan fingerprint density at radius 2 is 1.89 bits per heavy atom. The van der Waals surface area contributed by atoms with Crippen LogP contribution in [0.15, 0.2) is 40.3 Å². The van der Waals surface area contributed by atoms with Gasteiger partial charge >= 0.3 is 0 Å². The van der Waals surface area contributed by atoms with Crippen LogP contribution >= 0.6 is 0 Å². The molecule has 0 aliphatic heterocycles. The molecule has 27 heavy (non-hydrogen) atoms. The summed E-state index contributed by atoms with van der Waals surface area (Å²) in [4.78, 5) is 20.9. The molecule has 1 atom stereocenters. The zero-order valence-corrected chi connectivity index (χ0v) is 16.3. The molecule has 0 spiro atoms. The lowest BCUT2D eigenvalue weighted by molar-refractivity contribution is 0.525. The summed E-state index contributed by atoms with van der Waals surface area (Å²) >= 11 is 0. The van der Waals surface area contributed by atoms with Crippen LogP contribution in [-0.2, 0) is 9.84 Å². The molecule has 0 aliphatic rings. The first-order chi connectivity index (χ1) is 12.6. The molecule has 3 rings (SSSR count). The quantitative estimate of drug-likeness (QED) is 0.640. The van der Waals surface area contributed by atoms with E-state index in [1.54, 1.807) is 19.1 Å². The van der Waals surface area contributed by atoms with Gasteiger partial charge in [-0.15, -0.1) is 0 Å². The minimum Gasteiger partial charge on any atom is -0.290 e. The largest absolute Gasteiger partial charge is 0.290 e. The van der Waals surface area contributed by atoms with Gasteiger partial charge in [0.15, 0.2) is 0 Å². The number of aromatic nitrogens is 3. The van der Waals surface area contributed by atoms with Gasteiger partial charge in [0, 0.05) is 29.3 Å². The summed E-state index contributed by atoms with van der Waals surface area (Å²) in [6.45, 7) is 5.52. The molecule has 0 N–H and O–H groups in total. The van der Waals surface area contributed by atoms with Crippen LogP contribution in [-0.4, -0.2) is 29.2 Å². The maximum absolute atomic E-state index is 13.5. The molecule has 3 aromatic rings. The molecule has 6 nitrogen and oxygen atoms in total. The highest BCUT2D eigenvalue weighted by molar-refractivity contribution is 7.90. The SMILES string of the molecule is CCC(C)n1c(=O)ccc2c(-c3ccc(F)cc3C)nc(S(C)(=O)=O)nc21. The van der Waals surface area contributed by atoms with Gasteiger partial charge in [0.05, 0.1) is 5.69 Å². The summed E-state index contributed by atoms with van der Waals surface area (Å²) in [5, 5.41) is 0.174. The number of hydrogen-bond acceptors (Lipinski definition) is 5. The standard InChI is InChI=1S/C19H20FN3O3S/c1-5-12(3)23-16(24)9-8-15-17(14-7-6-13(20)10-11(14)2)21-19(22-18(15)23)27(4,25)26/h6-10,12H,5H2,1-4H3. The van der Waals surface area contributed by atoms with Crippen molar-refractivity contribution in [3.05, 3.63) is 52.1 Å². The molecule has 0 amide bonds. The molecule has 0 saturated heterocycles. The number of halogens is 1. The van der Waals surface area contributed by atoms with Gasteiger partial charge < -0.3 is 0 Å². The number of benzene rings is 1.